The largest absolute Gasteiger partial charge is 0.416 e. The Kier molecular flexibility index (Phi) is 3.09. The summed E-state index contributed by atoms with van der Waals surface area (Å²) >= 11 is 0. The maximum atomic E-state index is 12.9. The first-order chi connectivity index (χ1) is 9.97. The minimum atomic E-state index is -4.38. The molecule has 0 saturated heterocycles. The SMILES string of the molecule is Nc1ccc(C(F)(F)F)cc1-c1cccc2ccccc12. The molecule has 0 aliphatic heterocycles. The molecule has 3 aromatic rings. The molecule has 0 fully saturated rings. The lowest BCUT2D eigenvalue weighted by Gasteiger charge is -2.13. The Morgan fingerprint density at radius 3 is 2.24 bits per heavy atom. The summed E-state index contributed by atoms with van der Waals surface area (Å²) in [5.74, 6) is 0. The van der Waals surface area contributed by atoms with Crippen molar-refractivity contribution in [1.29, 1.82) is 0 Å². The van der Waals surface area contributed by atoms with Crippen molar-refractivity contribution in [2.45, 2.75) is 6.18 Å². The molecule has 0 amide bonds. The van der Waals surface area contributed by atoms with Gasteiger partial charge in [0.1, 0.15) is 0 Å². The summed E-state index contributed by atoms with van der Waals surface area (Å²) in [6.07, 6.45) is -4.38. The zero-order valence-electron chi connectivity index (χ0n) is 11.0. The number of benzene rings is 3. The summed E-state index contributed by atoms with van der Waals surface area (Å²) < 4.78 is 38.7. The van der Waals surface area contributed by atoms with Crippen LogP contribution in [0.15, 0.2) is 60.7 Å². The molecule has 0 atom stereocenters. The zero-order chi connectivity index (χ0) is 15.0. The van der Waals surface area contributed by atoms with E-state index in [0.717, 1.165) is 22.9 Å². The van der Waals surface area contributed by atoms with E-state index >= 15 is 0 Å². The number of nitrogen functional groups attached to an aromatic ring is 1. The second-order valence-electron chi connectivity index (χ2n) is 4.83. The molecule has 0 radical (unpaired) electrons. The van der Waals surface area contributed by atoms with Crippen molar-refractivity contribution < 1.29 is 13.2 Å². The van der Waals surface area contributed by atoms with Crippen LogP contribution in [0, 0.1) is 0 Å². The lowest BCUT2D eigenvalue weighted by molar-refractivity contribution is -0.137. The number of alkyl halides is 3. The van der Waals surface area contributed by atoms with Gasteiger partial charge in [0, 0.05) is 11.3 Å². The predicted octanol–water partition coefficient (Wildman–Crippen LogP) is 5.11. The second kappa shape index (κ2) is 4.81. The lowest BCUT2D eigenvalue weighted by Crippen LogP contribution is -2.05. The molecule has 1 nitrogen and oxygen atoms in total. The molecule has 0 aromatic heterocycles. The monoisotopic (exact) mass is 287 g/mol. The molecule has 0 spiro atoms. The third-order valence-corrected chi connectivity index (χ3v) is 3.46. The first kappa shape index (κ1) is 13.5. The van der Waals surface area contributed by atoms with Gasteiger partial charge < -0.3 is 5.73 Å². The number of anilines is 1. The predicted molar refractivity (Wildman–Crippen MR) is 78.8 cm³/mol. The van der Waals surface area contributed by atoms with Crippen LogP contribution in [-0.4, -0.2) is 0 Å². The number of halogens is 3. The maximum Gasteiger partial charge on any atom is 0.416 e. The Bertz CT molecular complexity index is 801. The first-order valence-electron chi connectivity index (χ1n) is 6.42. The Morgan fingerprint density at radius 2 is 1.48 bits per heavy atom. The summed E-state index contributed by atoms with van der Waals surface area (Å²) in [7, 11) is 0. The average molecular weight is 287 g/mol. The number of rotatable bonds is 1. The van der Waals surface area contributed by atoms with Crippen LogP contribution in [0.2, 0.25) is 0 Å². The number of fused-ring (bicyclic) bond motifs is 1. The first-order valence-corrected chi connectivity index (χ1v) is 6.42. The van der Waals surface area contributed by atoms with Gasteiger partial charge in [-0.05, 0) is 34.5 Å². The van der Waals surface area contributed by atoms with E-state index in [-0.39, 0.29) is 0 Å². The van der Waals surface area contributed by atoms with Crippen LogP contribution in [-0.2, 0) is 6.18 Å². The van der Waals surface area contributed by atoms with Crippen LogP contribution in [0.5, 0.6) is 0 Å². The van der Waals surface area contributed by atoms with Gasteiger partial charge >= 0.3 is 6.18 Å². The van der Waals surface area contributed by atoms with Gasteiger partial charge in [-0.25, -0.2) is 0 Å². The highest BCUT2D eigenvalue weighted by Crippen LogP contribution is 2.37. The van der Waals surface area contributed by atoms with Crippen molar-refractivity contribution in [1.82, 2.24) is 0 Å². The smallest absolute Gasteiger partial charge is 0.398 e. The topological polar surface area (TPSA) is 26.0 Å². The van der Waals surface area contributed by atoms with Crippen LogP contribution in [0.4, 0.5) is 18.9 Å². The molecule has 3 aromatic carbocycles. The fraction of sp³-hybridized carbons (Fsp3) is 0.0588. The fourth-order valence-corrected chi connectivity index (χ4v) is 2.43. The van der Waals surface area contributed by atoms with Gasteiger partial charge in [0.15, 0.2) is 0 Å². The van der Waals surface area contributed by atoms with Crippen LogP contribution in [0.25, 0.3) is 21.9 Å². The normalized spacial score (nSPS) is 11.8. The number of nitrogens with two attached hydrogens (primary N) is 1. The van der Waals surface area contributed by atoms with Gasteiger partial charge in [-0.1, -0.05) is 42.5 Å². The fourth-order valence-electron chi connectivity index (χ4n) is 2.43. The van der Waals surface area contributed by atoms with Crippen LogP contribution < -0.4 is 5.73 Å². The summed E-state index contributed by atoms with van der Waals surface area (Å²) in [6, 6.07) is 16.5. The molecule has 0 heterocycles. The summed E-state index contributed by atoms with van der Waals surface area (Å²) in [5.41, 5.74) is 6.64. The van der Waals surface area contributed by atoms with E-state index in [1.807, 2.05) is 36.4 Å². The molecule has 2 N–H and O–H groups in total. The van der Waals surface area contributed by atoms with Crippen molar-refractivity contribution in [2.24, 2.45) is 0 Å². The summed E-state index contributed by atoms with van der Waals surface area (Å²) in [4.78, 5) is 0. The van der Waals surface area contributed by atoms with Gasteiger partial charge in [0.2, 0.25) is 0 Å². The number of hydrogen-bond donors (Lipinski definition) is 1. The molecular formula is C17H12F3N. The zero-order valence-corrected chi connectivity index (χ0v) is 11.0. The quantitative estimate of drug-likeness (QED) is 0.618. The van der Waals surface area contributed by atoms with E-state index in [1.165, 1.54) is 6.07 Å². The third-order valence-electron chi connectivity index (χ3n) is 3.46. The summed E-state index contributed by atoms with van der Waals surface area (Å²) in [5, 5.41) is 1.85. The van der Waals surface area contributed by atoms with Gasteiger partial charge in [0.05, 0.1) is 5.56 Å². The van der Waals surface area contributed by atoms with E-state index in [9.17, 15) is 13.2 Å². The number of hydrogen-bond acceptors (Lipinski definition) is 1. The van der Waals surface area contributed by atoms with E-state index in [4.69, 9.17) is 5.73 Å². The Morgan fingerprint density at radius 1 is 0.762 bits per heavy atom. The van der Waals surface area contributed by atoms with Gasteiger partial charge in [-0.3, -0.25) is 0 Å². The average Bonchev–Trinajstić information content (AvgIpc) is 2.46. The molecular weight excluding hydrogens is 275 g/mol. The molecule has 3 rings (SSSR count). The van der Waals surface area contributed by atoms with Crippen molar-refractivity contribution in [2.75, 3.05) is 5.73 Å². The minimum absolute atomic E-state index is 0.333. The van der Waals surface area contributed by atoms with Gasteiger partial charge in [-0.15, -0.1) is 0 Å². The van der Waals surface area contributed by atoms with Crippen LogP contribution >= 0.6 is 0 Å². The van der Waals surface area contributed by atoms with Crippen molar-refractivity contribution in [3.8, 4) is 11.1 Å². The molecule has 0 aliphatic carbocycles. The van der Waals surface area contributed by atoms with Crippen LogP contribution in [0.1, 0.15) is 5.56 Å². The molecule has 0 aliphatic rings. The van der Waals surface area contributed by atoms with E-state index in [0.29, 0.717) is 16.8 Å². The van der Waals surface area contributed by atoms with E-state index in [2.05, 4.69) is 0 Å². The van der Waals surface area contributed by atoms with E-state index < -0.39 is 11.7 Å². The minimum Gasteiger partial charge on any atom is -0.398 e. The molecule has 0 bridgehead atoms. The maximum absolute atomic E-state index is 12.9. The van der Waals surface area contributed by atoms with Crippen molar-refractivity contribution in [3.63, 3.8) is 0 Å². The standard InChI is InChI=1S/C17H12F3N/c18-17(19,20)12-8-9-16(21)15(10-12)14-7-3-5-11-4-1-2-6-13(11)14/h1-10H,21H2. The molecule has 0 saturated carbocycles. The van der Waals surface area contributed by atoms with Gasteiger partial charge in [0.25, 0.3) is 0 Å². The van der Waals surface area contributed by atoms with E-state index in [1.54, 1.807) is 6.07 Å². The van der Waals surface area contributed by atoms with Crippen LogP contribution in [0.3, 0.4) is 0 Å². The molecule has 106 valence electrons. The second-order valence-corrected chi connectivity index (χ2v) is 4.83. The molecule has 4 heteroatoms. The van der Waals surface area contributed by atoms with Crippen molar-refractivity contribution >= 4 is 16.5 Å². The Hall–Kier alpha value is -2.49. The summed E-state index contributed by atoms with van der Waals surface area (Å²) in [6.45, 7) is 0. The molecule has 0 unspecified atom stereocenters. The third kappa shape index (κ3) is 2.44. The highest BCUT2D eigenvalue weighted by Gasteiger charge is 2.31. The highest BCUT2D eigenvalue weighted by atomic mass is 19.4. The Balaban J connectivity index is 2.28. The molecule has 21 heavy (non-hydrogen) atoms. The lowest BCUT2D eigenvalue weighted by atomic mass is 9.95. The highest BCUT2D eigenvalue weighted by molar-refractivity contribution is 5.99. The van der Waals surface area contributed by atoms with Gasteiger partial charge in [-0.2, -0.15) is 13.2 Å². The Labute approximate surface area is 119 Å². The van der Waals surface area contributed by atoms with Crippen molar-refractivity contribution in [3.05, 3.63) is 66.2 Å².